The van der Waals surface area contributed by atoms with Crippen LogP contribution in [0.5, 0.6) is 11.5 Å². The topological polar surface area (TPSA) is 77.2 Å². The second-order valence-electron chi connectivity index (χ2n) is 8.15. The summed E-state index contributed by atoms with van der Waals surface area (Å²) in [6, 6.07) is 13.5. The number of hydrogen-bond donors (Lipinski definition) is 1. The monoisotopic (exact) mass is 503 g/mol. The van der Waals surface area contributed by atoms with Gasteiger partial charge in [-0.1, -0.05) is 0 Å². The highest BCUT2D eigenvalue weighted by atomic mass is 79.9. The maximum absolute atomic E-state index is 13.0. The lowest BCUT2D eigenvalue weighted by atomic mass is 10.1. The number of hydrogen-bond acceptors (Lipinski definition) is 5. The second kappa shape index (κ2) is 13.1. The average Bonchev–Trinajstić information content (AvgIpc) is 2.75. The van der Waals surface area contributed by atoms with E-state index >= 15 is 0 Å². The van der Waals surface area contributed by atoms with Crippen molar-refractivity contribution in [3.8, 4) is 11.5 Å². The molecule has 0 saturated heterocycles. The van der Waals surface area contributed by atoms with Crippen molar-refractivity contribution in [2.75, 3.05) is 13.2 Å². The third-order valence-corrected chi connectivity index (χ3v) is 5.64. The number of nitrogens with zero attached hydrogens (tertiary/aromatic N) is 2. The number of amides is 1. The molecule has 7 heteroatoms. The first kappa shape index (κ1) is 25.7. The van der Waals surface area contributed by atoms with Crippen molar-refractivity contribution in [2.24, 2.45) is 10.9 Å². The SMILES string of the molecule is CC(C)N(C(=O)c1cc(OCCCCCOc2ccc(C=NN)cc2)ccc1Br)C(C)C. The van der Waals surface area contributed by atoms with Crippen LogP contribution < -0.4 is 15.3 Å². The second-order valence-corrected chi connectivity index (χ2v) is 9.00. The number of halogens is 1. The summed E-state index contributed by atoms with van der Waals surface area (Å²) in [6.07, 6.45) is 4.45. The number of carbonyl (C=O) groups is 1. The molecule has 2 aromatic carbocycles. The Labute approximate surface area is 199 Å². The molecule has 0 aliphatic carbocycles. The zero-order chi connectivity index (χ0) is 23.5. The zero-order valence-corrected chi connectivity index (χ0v) is 21.0. The summed E-state index contributed by atoms with van der Waals surface area (Å²) in [7, 11) is 0. The number of hydrazone groups is 1. The van der Waals surface area contributed by atoms with Crippen LogP contribution in [0.4, 0.5) is 0 Å². The predicted molar refractivity (Wildman–Crippen MR) is 134 cm³/mol. The van der Waals surface area contributed by atoms with Gasteiger partial charge in [-0.3, -0.25) is 4.79 Å². The molecular formula is C25H34BrN3O3. The molecular weight excluding hydrogens is 470 g/mol. The summed E-state index contributed by atoms with van der Waals surface area (Å²) in [5.41, 5.74) is 1.57. The quantitative estimate of drug-likeness (QED) is 0.176. The molecule has 2 N–H and O–H groups in total. The molecule has 0 atom stereocenters. The molecule has 174 valence electrons. The number of benzene rings is 2. The van der Waals surface area contributed by atoms with Crippen LogP contribution in [0.15, 0.2) is 52.0 Å². The fraction of sp³-hybridized carbons (Fsp3) is 0.440. The number of rotatable bonds is 12. The Morgan fingerprint density at radius 2 is 1.53 bits per heavy atom. The van der Waals surface area contributed by atoms with Crippen LogP contribution in [0.2, 0.25) is 0 Å². The van der Waals surface area contributed by atoms with E-state index in [-0.39, 0.29) is 18.0 Å². The summed E-state index contributed by atoms with van der Waals surface area (Å²) >= 11 is 3.51. The van der Waals surface area contributed by atoms with Crippen molar-refractivity contribution >= 4 is 28.1 Å². The average molecular weight is 504 g/mol. The van der Waals surface area contributed by atoms with Crippen molar-refractivity contribution in [1.82, 2.24) is 4.90 Å². The van der Waals surface area contributed by atoms with Gasteiger partial charge in [-0.25, -0.2) is 0 Å². The van der Waals surface area contributed by atoms with Gasteiger partial charge < -0.3 is 20.2 Å². The molecule has 0 bridgehead atoms. The molecule has 0 radical (unpaired) electrons. The molecule has 0 aromatic heterocycles. The van der Waals surface area contributed by atoms with Crippen LogP contribution in [0, 0.1) is 0 Å². The fourth-order valence-electron chi connectivity index (χ4n) is 3.46. The Morgan fingerprint density at radius 3 is 2.09 bits per heavy atom. The maximum atomic E-state index is 13.0. The minimum atomic E-state index is 0.00724. The Morgan fingerprint density at radius 1 is 0.969 bits per heavy atom. The third-order valence-electron chi connectivity index (χ3n) is 4.95. The lowest BCUT2D eigenvalue weighted by molar-refractivity contribution is 0.0642. The Kier molecular flexibility index (Phi) is 10.5. The summed E-state index contributed by atoms with van der Waals surface area (Å²) in [5, 5.41) is 3.50. The van der Waals surface area contributed by atoms with E-state index in [0.29, 0.717) is 24.5 Å². The number of unbranched alkanes of at least 4 members (excludes halogenated alkanes) is 2. The van der Waals surface area contributed by atoms with Crippen LogP contribution in [-0.4, -0.2) is 42.3 Å². The summed E-state index contributed by atoms with van der Waals surface area (Å²) in [5.74, 6) is 6.69. The van der Waals surface area contributed by atoms with E-state index in [2.05, 4.69) is 21.0 Å². The van der Waals surface area contributed by atoms with E-state index in [4.69, 9.17) is 15.3 Å². The highest BCUT2D eigenvalue weighted by Gasteiger charge is 2.23. The minimum absolute atomic E-state index is 0.00724. The molecule has 0 aliphatic rings. The summed E-state index contributed by atoms with van der Waals surface area (Å²) < 4.78 is 12.4. The van der Waals surface area contributed by atoms with E-state index < -0.39 is 0 Å². The van der Waals surface area contributed by atoms with E-state index in [1.54, 1.807) is 6.21 Å². The van der Waals surface area contributed by atoms with Crippen molar-refractivity contribution in [1.29, 1.82) is 0 Å². The van der Waals surface area contributed by atoms with E-state index in [1.165, 1.54) is 0 Å². The molecule has 0 spiro atoms. The van der Waals surface area contributed by atoms with E-state index in [1.807, 2.05) is 75.1 Å². The van der Waals surface area contributed by atoms with Gasteiger partial charge in [0.1, 0.15) is 11.5 Å². The van der Waals surface area contributed by atoms with Crippen molar-refractivity contribution < 1.29 is 14.3 Å². The standard InChI is InChI=1S/C25H34BrN3O3/c1-18(2)29(19(3)4)25(30)23-16-22(12-13-24(23)26)32-15-7-5-6-14-31-21-10-8-20(9-11-21)17-28-27/h8-13,16-19H,5-7,14-15,27H2,1-4H3. The van der Waals surface area contributed by atoms with Crippen LogP contribution in [0.25, 0.3) is 0 Å². The Balaban J connectivity index is 1.76. The van der Waals surface area contributed by atoms with E-state index in [0.717, 1.165) is 35.0 Å². The van der Waals surface area contributed by atoms with Crippen molar-refractivity contribution in [2.45, 2.75) is 59.0 Å². The van der Waals surface area contributed by atoms with Crippen LogP contribution in [0.1, 0.15) is 62.9 Å². The van der Waals surface area contributed by atoms with Crippen LogP contribution in [0.3, 0.4) is 0 Å². The first-order valence-electron chi connectivity index (χ1n) is 11.0. The minimum Gasteiger partial charge on any atom is -0.494 e. The number of nitrogens with two attached hydrogens (primary N) is 1. The molecule has 0 aliphatic heterocycles. The molecule has 0 heterocycles. The third kappa shape index (κ3) is 7.86. The maximum Gasteiger partial charge on any atom is 0.255 e. The lowest BCUT2D eigenvalue weighted by Crippen LogP contribution is -2.42. The van der Waals surface area contributed by atoms with Gasteiger partial charge in [0.2, 0.25) is 0 Å². The Bertz CT molecular complexity index is 875. The molecule has 1 amide bonds. The van der Waals surface area contributed by atoms with Gasteiger partial charge in [-0.2, -0.15) is 5.10 Å². The first-order chi connectivity index (χ1) is 15.3. The lowest BCUT2D eigenvalue weighted by Gasteiger charge is -2.31. The van der Waals surface area contributed by atoms with Gasteiger partial charge in [0.25, 0.3) is 5.91 Å². The van der Waals surface area contributed by atoms with Gasteiger partial charge in [-0.15, -0.1) is 0 Å². The van der Waals surface area contributed by atoms with Gasteiger partial charge in [0, 0.05) is 16.6 Å². The molecule has 0 unspecified atom stereocenters. The van der Waals surface area contributed by atoms with Gasteiger partial charge in [0.15, 0.2) is 0 Å². The molecule has 2 rings (SSSR count). The van der Waals surface area contributed by atoms with Gasteiger partial charge in [0.05, 0.1) is 25.0 Å². The fourth-order valence-corrected chi connectivity index (χ4v) is 3.88. The van der Waals surface area contributed by atoms with Gasteiger partial charge >= 0.3 is 0 Å². The van der Waals surface area contributed by atoms with Crippen molar-refractivity contribution in [3.05, 3.63) is 58.1 Å². The molecule has 6 nitrogen and oxygen atoms in total. The molecule has 0 saturated carbocycles. The first-order valence-corrected chi connectivity index (χ1v) is 11.8. The Hall–Kier alpha value is -2.54. The predicted octanol–water partition coefficient (Wildman–Crippen LogP) is 5.63. The van der Waals surface area contributed by atoms with E-state index in [9.17, 15) is 4.79 Å². The number of carbonyl (C=O) groups excluding carboxylic acids is 1. The zero-order valence-electron chi connectivity index (χ0n) is 19.4. The molecule has 2 aromatic rings. The van der Waals surface area contributed by atoms with Crippen molar-refractivity contribution in [3.63, 3.8) is 0 Å². The van der Waals surface area contributed by atoms with Gasteiger partial charge in [-0.05, 0) is 111 Å². The highest BCUT2D eigenvalue weighted by Crippen LogP contribution is 2.26. The van der Waals surface area contributed by atoms with Crippen LogP contribution in [-0.2, 0) is 0 Å². The number of ether oxygens (including phenoxy) is 2. The largest absolute Gasteiger partial charge is 0.494 e. The summed E-state index contributed by atoms with van der Waals surface area (Å²) in [4.78, 5) is 14.9. The van der Waals surface area contributed by atoms with Crippen LogP contribution >= 0.6 is 15.9 Å². The molecule has 0 fully saturated rings. The summed E-state index contributed by atoms with van der Waals surface area (Å²) in [6.45, 7) is 9.37. The molecule has 32 heavy (non-hydrogen) atoms. The smallest absolute Gasteiger partial charge is 0.255 e. The highest BCUT2D eigenvalue weighted by molar-refractivity contribution is 9.10. The normalized spacial score (nSPS) is 11.3.